The Kier molecular flexibility index (Phi) is 10.1. The highest BCUT2D eigenvalue weighted by Crippen LogP contribution is 2.36. The van der Waals surface area contributed by atoms with Crippen LogP contribution in [-0.4, -0.2) is 16.6 Å². The van der Waals surface area contributed by atoms with Crippen molar-refractivity contribution in [3.63, 3.8) is 0 Å². The molecular weight excluding hydrogens is 308 g/mol. The van der Waals surface area contributed by atoms with E-state index in [1.54, 1.807) is 0 Å². The summed E-state index contributed by atoms with van der Waals surface area (Å²) >= 11 is 0. The SMILES string of the molecule is CCCCCCOCc1cnc(C2CCC(CCCCC)CC2)nc1. The van der Waals surface area contributed by atoms with E-state index >= 15 is 0 Å². The summed E-state index contributed by atoms with van der Waals surface area (Å²) < 4.78 is 5.73. The third-order valence-corrected chi connectivity index (χ3v) is 5.56. The van der Waals surface area contributed by atoms with Gasteiger partial charge in [0, 0.05) is 30.5 Å². The summed E-state index contributed by atoms with van der Waals surface area (Å²) in [6.45, 7) is 6.02. The maximum atomic E-state index is 5.73. The molecule has 25 heavy (non-hydrogen) atoms. The van der Waals surface area contributed by atoms with Gasteiger partial charge in [-0.15, -0.1) is 0 Å². The topological polar surface area (TPSA) is 35.0 Å². The van der Waals surface area contributed by atoms with Gasteiger partial charge in [0.1, 0.15) is 5.82 Å². The van der Waals surface area contributed by atoms with Crippen molar-refractivity contribution in [2.75, 3.05) is 6.61 Å². The molecule has 3 heteroatoms. The van der Waals surface area contributed by atoms with Gasteiger partial charge >= 0.3 is 0 Å². The van der Waals surface area contributed by atoms with Crippen LogP contribution in [0, 0.1) is 5.92 Å². The lowest BCUT2D eigenvalue weighted by Gasteiger charge is -2.27. The van der Waals surface area contributed by atoms with E-state index in [0.29, 0.717) is 12.5 Å². The van der Waals surface area contributed by atoms with E-state index in [0.717, 1.165) is 30.3 Å². The van der Waals surface area contributed by atoms with Crippen LogP contribution in [0.4, 0.5) is 0 Å². The lowest BCUT2D eigenvalue weighted by Crippen LogP contribution is -2.15. The van der Waals surface area contributed by atoms with Crippen LogP contribution in [0.3, 0.4) is 0 Å². The Bertz CT molecular complexity index is 438. The second-order valence-electron chi connectivity index (χ2n) is 7.78. The quantitative estimate of drug-likeness (QED) is 0.409. The van der Waals surface area contributed by atoms with Crippen LogP contribution in [-0.2, 0) is 11.3 Å². The number of ether oxygens (including phenoxy) is 1. The average Bonchev–Trinajstić information content (AvgIpc) is 2.66. The van der Waals surface area contributed by atoms with Crippen molar-refractivity contribution in [2.45, 2.75) is 103 Å². The van der Waals surface area contributed by atoms with Crippen LogP contribution in [0.15, 0.2) is 12.4 Å². The molecule has 0 radical (unpaired) electrons. The molecule has 0 saturated heterocycles. The molecule has 0 N–H and O–H groups in total. The number of unbranched alkanes of at least 4 members (excludes halogenated alkanes) is 5. The van der Waals surface area contributed by atoms with Crippen molar-refractivity contribution < 1.29 is 4.74 Å². The molecule has 142 valence electrons. The summed E-state index contributed by atoms with van der Waals surface area (Å²) in [5, 5.41) is 0. The Morgan fingerprint density at radius 3 is 2.24 bits per heavy atom. The van der Waals surface area contributed by atoms with Crippen LogP contribution in [0.25, 0.3) is 0 Å². The summed E-state index contributed by atoms with van der Waals surface area (Å²) in [7, 11) is 0. The van der Waals surface area contributed by atoms with Crippen LogP contribution in [0.5, 0.6) is 0 Å². The molecule has 0 bridgehead atoms. The highest BCUT2D eigenvalue weighted by molar-refractivity contribution is 5.07. The first-order chi connectivity index (χ1) is 12.3. The lowest BCUT2D eigenvalue weighted by atomic mass is 9.79. The summed E-state index contributed by atoms with van der Waals surface area (Å²) in [6.07, 6.45) is 19.8. The second kappa shape index (κ2) is 12.4. The Morgan fingerprint density at radius 2 is 1.56 bits per heavy atom. The minimum Gasteiger partial charge on any atom is -0.377 e. The number of hydrogen-bond acceptors (Lipinski definition) is 3. The fourth-order valence-electron chi connectivity index (χ4n) is 3.86. The summed E-state index contributed by atoms with van der Waals surface area (Å²) in [5.74, 6) is 2.58. The van der Waals surface area contributed by atoms with Gasteiger partial charge in [0.2, 0.25) is 0 Å². The van der Waals surface area contributed by atoms with Gasteiger partial charge in [-0.1, -0.05) is 58.8 Å². The van der Waals surface area contributed by atoms with E-state index in [1.807, 2.05) is 12.4 Å². The molecule has 0 aliphatic heterocycles. The van der Waals surface area contributed by atoms with Gasteiger partial charge < -0.3 is 4.74 Å². The Labute approximate surface area is 155 Å². The molecule has 0 amide bonds. The van der Waals surface area contributed by atoms with Crippen molar-refractivity contribution in [3.05, 3.63) is 23.8 Å². The molecule has 1 aliphatic rings. The number of aromatic nitrogens is 2. The Hall–Kier alpha value is -0.960. The van der Waals surface area contributed by atoms with Crippen molar-refractivity contribution >= 4 is 0 Å². The van der Waals surface area contributed by atoms with Gasteiger partial charge in [-0.2, -0.15) is 0 Å². The van der Waals surface area contributed by atoms with Crippen LogP contribution < -0.4 is 0 Å². The molecule has 0 spiro atoms. The van der Waals surface area contributed by atoms with Crippen molar-refractivity contribution in [1.29, 1.82) is 0 Å². The minimum absolute atomic E-state index is 0.575. The summed E-state index contributed by atoms with van der Waals surface area (Å²) in [6, 6.07) is 0. The van der Waals surface area contributed by atoms with Gasteiger partial charge in [-0.05, 0) is 38.0 Å². The fourth-order valence-corrected chi connectivity index (χ4v) is 3.86. The normalized spacial score (nSPS) is 20.7. The maximum Gasteiger partial charge on any atom is 0.131 e. The van der Waals surface area contributed by atoms with Gasteiger partial charge in [0.05, 0.1) is 6.61 Å². The van der Waals surface area contributed by atoms with E-state index in [4.69, 9.17) is 4.74 Å². The Balaban J connectivity index is 1.65. The van der Waals surface area contributed by atoms with Gasteiger partial charge in [0.15, 0.2) is 0 Å². The molecule has 2 rings (SSSR count). The van der Waals surface area contributed by atoms with Gasteiger partial charge in [-0.25, -0.2) is 9.97 Å². The van der Waals surface area contributed by atoms with Crippen LogP contribution >= 0.6 is 0 Å². The zero-order valence-electron chi connectivity index (χ0n) is 16.5. The predicted octanol–water partition coefficient (Wildman–Crippen LogP) is 6.43. The van der Waals surface area contributed by atoms with Crippen molar-refractivity contribution in [2.24, 2.45) is 5.92 Å². The molecule has 1 heterocycles. The fraction of sp³-hybridized carbons (Fsp3) is 0.818. The highest BCUT2D eigenvalue weighted by atomic mass is 16.5. The molecule has 1 aliphatic carbocycles. The van der Waals surface area contributed by atoms with Crippen LogP contribution in [0.2, 0.25) is 0 Å². The van der Waals surface area contributed by atoms with E-state index in [9.17, 15) is 0 Å². The molecule has 0 unspecified atom stereocenters. The van der Waals surface area contributed by atoms with E-state index in [1.165, 1.54) is 70.6 Å². The molecule has 0 aromatic carbocycles. The lowest BCUT2D eigenvalue weighted by molar-refractivity contribution is 0.116. The summed E-state index contributed by atoms with van der Waals surface area (Å²) in [5.41, 5.74) is 1.10. The molecule has 1 fully saturated rings. The predicted molar refractivity (Wildman–Crippen MR) is 105 cm³/mol. The third kappa shape index (κ3) is 7.85. The molecule has 1 aromatic rings. The smallest absolute Gasteiger partial charge is 0.131 e. The average molecular weight is 347 g/mol. The monoisotopic (exact) mass is 346 g/mol. The number of hydrogen-bond donors (Lipinski definition) is 0. The molecule has 1 saturated carbocycles. The van der Waals surface area contributed by atoms with E-state index in [2.05, 4.69) is 23.8 Å². The number of rotatable bonds is 12. The first kappa shape index (κ1) is 20.4. The summed E-state index contributed by atoms with van der Waals surface area (Å²) in [4.78, 5) is 9.28. The van der Waals surface area contributed by atoms with E-state index < -0.39 is 0 Å². The maximum absolute atomic E-state index is 5.73. The Morgan fingerprint density at radius 1 is 0.880 bits per heavy atom. The molecule has 0 atom stereocenters. The second-order valence-corrected chi connectivity index (χ2v) is 7.78. The first-order valence-electron chi connectivity index (χ1n) is 10.7. The molecule has 1 aromatic heterocycles. The molecule has 3 nitrogen and oxygen atoms in total. The van der Waals surface area contributed by atoms with Crippen molar-refractivity contribution in [1.82, 2.24) is 9.97 Å². The minimum atomic E-state index is 0.575. The largest absolute Gasteiger partial charge is 0.377 e. The van der Waals surface area contributed by atoms with Gasteiger partial charge in [-0.3, -0.25) is 0 Å². The van der Waals surface area contributed by atoms with Gasteiger partial charge in [0.25, 0.3) is 0 Å². The standard InChI is InChI=1S/C22H38N2O/c1-3-5-7-9-15-25-18-20-16-23-22(24-17-20)21-13-11-19(12-14-21)10-8-6-4-2/h16-17,19,21H,3-15,18H2,1-2H3. The van der Waals surface area contributed by atoms with E-state index in [-0.39, 0.29) is 0 Å². The van der Waals surface area contributed by atoms with Crippen LogP contribution in [0.1, 0.15) is 108 Å². The third-order valence-electron chi connectivity index (χ3n) is 5.56. The first-order valence-corrected chi connectivity index (χ1v) is 10.7. The zero-order chi connectivity index (χ0) is 17.7. The highest BCUT2D eigenvalue weighted by Gasteiger charge is 2.23. The number of nitrogens with zero attached hydrogens (tertiary/aromatic N) is 2. The molecular formula is C22H38N2O. The van der Waals surface area contributed by atoms with Crippen molar-refractivity contribution in [3.8, 4) is 0 Å². The zero-order valence-corrected chi connectivity index (χ0v) is 16.5.